The van der Waals surface area contributed by atoms with E-state index < -0.39 is 0 Å². The first-order chi connectivity index (χ1) is 8.21. The molecular formula is C15H25NO. The van der Waals surface area contributed by atoms with Crippen molar-refractivity contribution < 1.29 is 5.11 Å². The van der Waals surface area contributed by atoms with Crippen LogP contribution in [0.4, 0.5) is 0 Å². The second kappa shape index (κ2) is 3.71. The molecule has 1 aliphatic heterocycles. The SMILES string of the molecule is OC1CCN(CC23CC4CC(CC(C4)C2)C3)C1. The average molecular weight is 235 g/mol. The maximum atomic E-state index is 9.67. The van der Waals surface area contributed by atoms with Crippen molar-refractivity contribution in [1.82, 2.24) is 4.90 Å². The summed E-state index contributed by atoms with van der Waals surface area (Å²) >= 11 is 0. The number of hydrogen-bond donors (Lipinski definition) is 1. The molecule has 0 amide bonds. The Morgan fingerprint density at radius 2 is 1.59 bits per heavy atom. The highest BCUT2D eigenvalue weighted by molar-refractivity contribution is 5.03. The highest BCUT2D eigenvalue weighted by Crippen LogP contribution is 2.60. The zero-order chi connectivity index (χ0) is 11.5. The van der Waals surface area contributed by atoms with Crippen LogP contribution in [0.3, 0.4) is 0 Å². The van der Waals surface area contributed by atoms with Crippen molar-refractivity contribution in [2.45, 2.75) is 51.0 Å². The number of hydrogen-bond acceptors (Lipinski definition) is 2. The van der Waals surface area contributed by atoms with Crippen LogP contribution in [0.1, 0.15) is 44.9 Å². The van der Waals surface area contributed by atoms with Crippen LogP contribution in [0, 0.1) is 23.2 Å². The zero-order valence-electron chi connectivity index (χ0n) is 10.8. The minimum atomic E-state index is -0.0380. The molecule has 4 aliphatic carbocycles. The van der Waals surface area contributed by atoms with Crippen molar-refractivity contribution in [3.05, 3.63) is 0 Å². The van der Waals surface area contributed by atoms with Crippen molar-refractivity contribution in [2.24, 2.45) is 23.2 Å². The molecule has 1 N–H and O–H groups in total. The minimum Gasteiger partial charge on any atom is -0.392 e. The van der Waals surface area contributed by atoms with E-state index in [1.165, 1.54) is 25.8 Å². The monoisotopic (exact) mass is 235 g/mol. The van der Waals surface area contributed by atoms with Crippen LogP contribution < -0.4 is 0 Å². The summed E-state index contributed by atoms with van der Waals surface area (Å²) in [4.78, 5) is 2.55. The van der Waals surface area contributed by atoms with E-state index in [-0.39, 0.29) is 6.10 Å². The van der Waals surface area contributed by atoms with Crippen LogP contribution in [0.5, 0.6) is 0 Å². The summed E-state index contributed by atoms with van der Waals surface area (Å²) < 4.78 is 0. The molecule has 1 heterocycles. The molecule has 5 aliphatic rings. The van der Waals surface area contributed by atoms with Crippen LogP contribution >= 0.6 is 0 Å². The van der Waals surface area contributed by atoms with Crippen LogP contribution in [-0.2, 0) is 0 Å². The fourth-order valence-corrected chi connectivity index (χ4v) is 5.91. The largest absolute Gasteiger partial charge is 0.392 e. The second-order valence-electron chi connectivity index (χ2n) is 7.60. The van der Waals surface area contributed by atoms with Gasteiger partial charge in [0, 0.05) is 19.6 Å². The van der Waals surface area contributed by atoms with Crippen LogP contribution in [0.2, 0.25) is 0 Å². The molecule has 1 unspecified atom stereocenters. The predicted octanol–water partition coefficient (Wildman–Crippen LogP) is 2.27. The molecule has 5 rings (SSSR count). The first kappa shape index (κ1) is 10.8. The van der Waals surface area contributed by atoms with Gasteiger partial charge in [-0.15, -0.1) is 0 Å². The molecule has 0 spiro atoms. The fourth-order valence-electron chi connectivity index (χ4n) is 5.91. The molecular weight excluding hydrogens is 210 g/mol. The van der Waals surface area contributed by atoms with E-state index in [9.17, 15) is 5.11 Å². The van der Waals surface area contributed by atoms with Gasteiger partial charge in [0.1, 0.15) is 0 Å². The van der Waals surface area contributed by atoms with Gasteiger partial charge in [0.25, 0.3) is 0 Å². The van der Waals surface area contributed by atoms with E-state index in [2.05, 4.69) is 4.90 Å². The van der Waals surface area contributed by atoms with E-state index in [0.29, 0.717) is 5.41 Å². The molecule has 96 valence electrons. The molecule has 17 heavy (non-hydrogen) atoms. The molecule has 1 saturated heterocycles. The van der Waals surface area contributed by atoms with Gasteiger partial charge in [-0.2, -0.15) is 0 Å². The lowest BCUT2D eigenvalue weighted by atomic mass is 9.49. The van der Waals surface area contributed by atoms with Crippen molar-refractivity contribution in [3.63, 3.8) is 0 Å². The molecule has 0 aromatic heterocycles. The number of aliphatic hydroxyl groups is 1. The van der Waals surface area contributed by atoms with Gasteiger partial charge in [-0.1, -0.05) is 0 Å². The molecule has 1 atom stereocenters. The summed E-state index contributed by atoms with van der Waals surface area (Å²) in [5, 5.41) is 9.67. The Labute approximate surface area is 104 Å². The summed E-state index contributed by atoms with van der Waals surface area (Å²) in [7, 11) is 0. The maximum Gasteiger partial charge on any atom is 0.0679 e. The number of likely N-dealkylation sites (tertiary alicyclic amines) is 1. The molecule has 2 nitrogen and oxygen atoms in total. The van der Waals surface area contributed by atoms with Crippen LogP contribution in [-0.4, -0.2) is 35.7 Å². The third-order valence-corrected chi connectivity index (χ3v) is 5.97. The lowest BCUT2D eigenvalue weighted by Crippen LogP contribution is -2.51. The quantitative estimate of drug-likeness (QED) is 0.793. The van der Waals surface area contributed by atoms with Crippen molar-refractivity contribution in [2.75, 3.05) is 19.6 Å². The summed E-state index contributed by atoms with van der Waals surface area (Å²) in [5.41, 5.74) is 0.665. The average Bonchev–Trinajstić information content (AvgIpc) is 2.60. The fraction of sp³-hybridized carbons (Fsp3) is 1.00. The number of β-amino-alcohol motifs (C(OH)–C–C–N with tert-alkyl or cyclic N) is 1. The molecule has 0 aromatic carbocycles. The lowest BCUT2D eigenvalue weighted by molar-refractivity contribution is -0.0673. The van der Waals surface area contributed by atoms with Gasteiger partial charge in [-0.05, 0) is 68.1 Å². The van der Waals surface area contributed by atoms with E-state index in [1.807, 2.05) is 0 Å². The Morgan fingerprint density at radius 3 is 2.06 bits per heavy atom. The van der Waals surface area contributed by atoms with Crippen LogP contribution in [0.25, 0.3) is 0 Å². The minimum absolute atomic E-state index is 0.0380. The summed E-state index contributed by atoms with van der Waals surface area (Å²) in [6.07, 6.45) is 10.1. The number of aliphatic hydroxyl groups excluding tert-OH is 1. The standard InChI is InChI=1S/C15H25NO/c17-14-1-2-16(9-14)10-15-6-11-3-12(7-15)5-13(4-11)8-15/h11-14,17H,1-10H2. The van der Waals surface area contributed by atoms with E-state index in [1.54, 1.807) is 19.3 Å². The van der Waals surface area contributed by atoms with Gasteiger partial charge in [0.05, 0.1) is 6.10 Å². The van der Waals surface area contributed by atoms with Gasteiger partial charge >= 0.3 is 0 Å². The van der Waals surface area contributed by atoms with Crippen molar-refractivity contribution in [1.29, 1.82) is 0 Å². The van der Waals surface area contributed by atoms with Gasteiger partial charge in [-0.3, -0.25) is 0 Å². The maximum absolute atomic E-state index is 9.67. The Kier molecular flexibility index (Phi) is 2.36. The topological polar surface area (TPSA) is 23.5 Å². The smallest absolute Gasteiger partial charge is 0.0679 e. The third-order valence-electron chi connectivity index (χ3n) is 5.97. The molecule has 4 bridgehead atoms. The van der Waals surface area contributed by atoms with Gasteiger partial charge < -0.3 is 10.0 Å². The molecule has 4 saturated carbocycles. The Bertz CT molecular complexity index is 279. The third kappa shape index (κ3) is 1.84. The molecule has 5 fully saturated rings. The lowest BCUT2D eigenvalue weighted by Gasteiger charge is -2.57. The molecule has 0 aromatic rings. The zero-order valence-corrected chi connectivity index (χ0v) is 10.8. The van der Waals surface area contributed by atoms with Gasteiger partial charge in [0.2, 0.25) is 0 Å². The summed E-state index contributed by atoms with van der Waals surface area (Å²) in [6.45, 7) is 3.39. The number of nitrogens with zero attached hydrogens (tertiary/aromatic N) is 1. The predicted molar refractivity (Wildman–Crippen MR) is 67.7 cm³/mol. The van der Waals surface area contributed by atoms with Crippen LogP contribution in [0.15, 0.2) is 0 Å². The first-order valence-electron chi connectivity index (χ1n) is 7.61. The highest BCUT2D eigenvalue weighted by atomic mass is 16.3. The van der Waals surface area contributed by atoms with Crippen molar-refractivity contribution in [3.8, 4) is 0 Å². The normalized spacial score (nSPS) is 53.5. The Balaban J connectivity index is 1.49. The second-order valence-corrected chi connectivity index (χ2v) is 7.60. The van der Waals surface area contributed by atoms with Crippen molar-refractivity contribution >= 4 is 0 Å². The highest BCUT2D eigenvalue weighted by Gasteiger charge is 2.51. The van der Waals surface area contributed by atoms with E-state index in [0.717, 1.165) is 37.3 Å². The Hall–Kier alpha value is -0.0800. The number of rotatable bonds is 2. The van der Waals surface area contributed by atoms with Gasteiger partial charge in [-0.25, -0.2) is 0 Å². The first-order valence-corrected chi connectivity index (χ1v) is 7.61. The van der Waals surface area contributed by atoms with E-state index in [4.69, 9.17) is 0 Å². The summed E-state index contributed by atoms with van der Waals surface area (Å²) in [5.74, 6) is 3.19. The van der Waals surface area contributed by atoms with Gasteiger partial charge in [0.15, 0.2) is 0 Å². The van der Waals surface area contributed by atoms with E-state index >= 15 is 0 Å². The Morgan fingerprint density at radius 1 is 1.00 bits per heavy atom. The molecule has 2 heteroatoms. The molecule has 0 radical (unpaired) electrons. The summed E-state index contributed by atoms with van der Waals surface area (Å²) in [6, 6.07) is 0.